The molecule has 4 heteroatoms. The highest BCUT2D eigenvalue weighted by Crippen LogP contribution is 2.24. The Balaban J connectivity index is 2.06. The van der Waals surface area contributed by atoms with E-state index in [0.29, 0.717) is 12.0 Å². The molecule has 0 aliphatic heterocycles. The van der Waals surface area contributed by atoms with Gasteiger partial charge in [-0.2, -0.15) is 4.98 Å². The minimum atomic E-state index is 0.351. The molecule has 2 rings (SSSR count). The summed E-state index contributed by atoms with van der Waals surface area (Å²) in [5.41, 5.74) is 0. The second kappa shape index (κ2) is 5.14. The van der Waals surface area contributed by atoms with E-state index >= 15 is 0 Å². The lowest BCUT2D eigenvalue weighted by Crippen LogP contribution is -2.13. The van der Waals surface area contributed by atoms with Gasteiger partial charge in [-0.05, 0) is 39.5 Å². The highest BCUT2D eigenvalue weighted by atomic mass is 16.5. The second-order valence-corrected chi connectivity index (χ2v) is 4.19. The number of hydrogen-bond donors (Lipinski definition) is 1. The average molecular weight is 221 g/mol. The van der Waals surface area contributed by atoms with E-state index in [1.54, 1.807) is 0 Å². The van der Waals surface area contributed by atoms with Crippen LogP contribution < -0.4 is 10.1 Å². The molecule has 1 fully saturated rings. The highest BCUT2D eigenvalue weighted by molar-refractivity contribution is 5.38. The molecule has 1 aromatic heterocycles. The minimum absolute atomic E-state index is 0.351. The third-order valence-electron chi connectivity index (χ3n) is 2.76. The Kier molecular flexibility index (Phi) is 3.59. The third kappa shape index (κ3) is 2.84. The molecule has 1 aliphatic rings. The molecule has 4 nitrogen and oxygen atoms in total. The monoisotopic (exact) mass is 221 g/mol. The number of aryl methyl sites for hydroxylation is 1. The lowest BCUT2D eigenvalue weighted by Gasteiger charge is -2.13. The van der Waals surface area contributed by atoms with Crippen molar-refractivity contribution in [1.82, 2.24) is 9.97 Å². The Bertz CT molecular complexity index is 348. The number of ether oxygens (including phenoxy) is 1. The molecule has 1 saturated carbocycles. The van der Waals surface area contributed by atoms with Gasteiger partial charge in [-0.1, -0.05) is 0 Å². The Morgan fingerprint density at radius 2 is 2.12 bits per heavy atom. The molecule has 0 aromatic carbocycles. The first-order valence-corrected chi connectivity index (χ1v) is 6.04. The zero-order valence-electron chi connectivity index (χ0n) is 9.99. The Labute approximate surface area is 96.4 Å². The molecule has 1 heterocycles. The van der Waals surface area contributed by atoms with Gasteiger partial charge < -0.3 is 10.1 Å². The van der Waals surface area contributed by atoms with Crippen LogP contribution in [0, 0.1) is 6.92 Å². The van der Waals surface area contributed by atoms with Crippen molar-refractivity contribution in [2.24, 2.45) is 0 Å². The van der Waals surface area contributed by atoms with Crippen molar-refractivity contribution in [1.29, 1.82) is 0 Å². The maximum atomic E-state index is 5.85. The van der Waals surface area contributed by atoms with Crippen LogP contribution in [0.3, 0.4) is 0 Å². The van der Waals surface area contributed by atoms with Crippen molar-refractivity contribution in [2.45, 2.75) is 45.6 Å². The lowest BCUT2D eigenvalue weighted by molar-refractivity contribution is 0.201. The molecule has 0 radical (unpaired) electrons. The fourth-order valence-electron chi connectivity index (χ4n) is 2.05. The van der Waals surface area contributed by atoms with Gasteiger partial charge in [-0.25, -0.2) is 4.98 Å². The van der Waals surface area contributed by atoms with Crippen molar-refractivity contribution in [2.75, 3.05) is 11.9 Å². The number of rotatable bonds is 4. The van der Waals surface area contributed by atoms with E-state index in [9.17, 15) is 0 Å². The summed E-state index contributed by atoms with van der Waals surface area (Å²) in [7, 11) is 0. The quantitative estimate of drug-likeness (QED) is 0.848. The van der Waals surface area contributed by atoms with Crippen LogP contribution in [-0.4, -0.2) is 22.6 Å². The molecule has 0 spiro atoms. The second-order valence-electron chi connectivity index (χ2n) is 4.19. The summed E-state index contributed by atoms with van der Waals surface area (Å²) in [4.78, 5) is 8.60. The number of nitrogens with zero attached hydrogens (tertiary/aromatic N) is 2. The summed E-state index contributed by atoms with van der Waals surface area (Å²) in [6, 6.07) is 1.88. The summed E-state index contributed by atoms with van der Waals surface area (Å²) in [5.74, 6) is 2.31. The molecule has 0 amide bonds. The average Bonchev–Trinajstić information content (AvgIpc) is 2.70. The molecular weight excluding hydrogens is 202 g/mol. The van der Waals surface area contributed by atoms with Crippen LogP contribution in [0.5, 0.6) is 5.88 Å². The molecular formula is C12H19N3O. The van der Waals surface area contributed by atoms with E-state index < -0.39 is 0 Å². The normalized spacial score (nSPS) is 16.4. The zero-order chi connectivity index (χ0) is 11.4. The summed E-state index contributed by atoms with van der Waals surface area (Å²) in [6.07, 6.45) is 5.20. The highest BCUT2D eigenvalue weighted by Gasteiger charge is 2.17. The number of hydrogen-bond acceptors (Lipinski definition) is 4. The third-order valence-corrected chi connectivity index (χ3v) is 2.76. The molecule has 0 bridgehead atoms. The van der Waals surface area contributed by atoms with Crippen LogP contribution in [0.2, 0.25) is 0 Å². The minimum Gasteiger partial charge on any atom is -0.474 e. The van der Waals surface area contributed by atoms with Crippen LogP contribution in [0.1, 0.15) is 38.4 Å². The maximum absolute atomic E-state index is 5.85. The van der Waals surface area contributed by atoms with Crippen LogP contribution in [-0.2, 0) is 0 Å². The summed E-state index contributed by atoms with van der Waals surface area (Å²) < 4.78 is 5.85. The van der Waals surface area contributed by atoms with E-state index in [0.717, 1.165) is 31.0 Å². The van der Waals surface area contributed by atoms with Gasteiger partial charge in [0.05, 0.1) is 0 Å². The first-order valence-electron chi connectivity index (χ1n) is 6.04. The lowest BCUT2D eigenvalue weighted by atomic mass is 10.3. The maximum Gasteiger partial charge on any atom is 0.218 e. The van der Waals surface area contributed by atoms with Crippen molar-refractivity contribution in [3.05, 3.63) is 11.9 Å². The summed E-state index contributed by atoms with van der Waals surface area (Å²) in [6.45, 7) is 4.80. The fraction of sp³-hybridized carbons (Fsp3) is 0.667. The van der Waals surface area contributed by atoms with Gasteiger partial charge in [-0.3, -0.25) is 0 Å². The predicted molar refractivity (Wildman–Crippen MR) is 63.8 cm³/mol. The van der Waals surface area contributed by atoms with E-state index in [2.05, 4.69) is 22.2 Å². The number of nitrogens with one attached hydrogen (secondary N) is 1. The molecule has 1 N–H and O–H groups in total. The van der Waals surface area contributed by atoms with Gasteiger partial charge in [0, 0.05) is 12.6 Å². The van der Waals surface area contributed by atoms with Gasteiger partial charge in [0.15, 0.2) is 0 Å². The molecule has 0 atom stereocenters. The molecule has 0 unspecified atom stereocenters. The largest absolute Gasteiger partial charge is 0.474 e. The van der Waals surface area contributed by atoms with Crippen LogP contribution in [0.15, 0.2) is 6.07 Å². The van der Waals surface area contributed by atoms with Gasteiger partial charge in [0.25, 0.3) is 0 Å². The predicted octanol–water partition coefficient (Wildman–Crippen LogP) is 2.54. The summed E-state index contributed by atoms with van der Waals surface area (Å²) >= 11 is 0. The van der Waals surface area contributed by atoms with Crippen LogP contribution in [0.4, 0.5) is 5.82 Å². The molecule has 1 aliphatic carbocycles. The SMILES string of the molecule is CCNc1cc(OC2CCCC2)nc(C)n1. The van der Waals surface area contributed by atoms with Gasteiger partial charge >= 0.3 is 0 Å². The van der Waals surface area contributed by atoms with Gasteiger partial charge in [0.2, 0.25) is 5.88 Å². The summed E-state index contributed by atoms with van der Waals surface area (Å²) in [5, 5.41) is 3.18. The van der Waals surface area contributed by atoms with Gasteiger partial charge in [-0.15, -0.1) is 0 Å². The van der Waals surface area contributed by atoms with Crippen molar-refractivity contribution in [3.63, 3.8) is 0 Å². The Morgan fingerprint density at radius 3 is 2.81 bits per heavy atom. The van der Waals surface area contributed by atoms with Crippen molar-refractivity contribution >= 4 is 5.82 Å². The van der Waals surface area contributed by atoms with Crippen LogP contribution >= 0.6 is 0 Å². The van der Waals surface area contributed by atoms with Crippen molar-refractivity contribution < 1.29 is 4.74 Å². The van der Waals surface area contributed by atoms with Gasteiger partial charge in [0.1, 0.15) is 17.7 Å². The number of aromatic nitrogens is 2. The molecule has 1 aromatic rings. The smallest absolute Gasteiger partial charge is 0.218 e. The van der Waals surface area contributed by atoms with E-state index in [1.165, 1.54) is 12.8 Å². The Morgan fingerprint density at radius 1 is 1.38 bits per heavy atom. The standard InChI is InChI=1S/C12H19N3O/c1-3-13-11-8-12(15-9(2)14-11)16-10-6-4-5-7-10/h8,10H,3-7H2,1-2H3,(H,13,14,15). The molecule has 0 saturated heterocycles. The van der Waals surface area contributed by atoms with Crippen LogP contribution in [0.25, 0.3) is 0 Å². The zero-order valence-corrected chi connectivity index (χ0v) is 9.99. The first-order chi connectivity index (χ1) is 7.78. The first kappa shape index (κ1) is 11.2. The van der Waals surface area contributed by atoms with E-state index in [-0.39, 0.29) is 0 Å². The van der Waals surface area contributed by atoms with E-state index in [1.807, 2.05) is 13.0 Å². The molecule has 16 heavy (non-hydrogen) atoms. The number of anilines is 1. The Hall–Kier alpha value is -1.32. The topological polar surface area (TPSA) is 47.0 Å². The van der Waals surface area contributed by atoms with E-state index in [4.69, 9.17) is 4.74 Å². The van der Waals surface area contributed by atoms with Crippen molar-refractivity contribution in [3.8, 4) is 5.88 Å². The molecule has 88 valence electrons. The fourth-order valence-corrected chi connectivity index (χ4v) is 2.05.